The van der Waals surface area contributed by atoms with Crippen LogP contribution in [-0.4, -0.2) is 35.5 Å². The van der Waals surface area contributed by atoms with E-state index < -0.39 is 0 Å². The van der Waals surface area contributed by atoms with E-state index in [9.17, 15) is 4.79 Å². The smallest absolute Gasteiger partial charge is 0.261 e. The van der Waals surface area contributed by atoms with Crippen LogP contribution in [0, 0.1) is 5.92 Å². The first-order valence-electron chi connectivity index (χ1n) is 8.51. The highest BCUT2D eigenvalue weighted by atomic mass is 32.1. The summed E-state index contributed by atoms with van der Waals surface area (Å²) in [7, 11) is 0. The lowest BCUT2D eigenvalue weighted by Crippen LogP contribution is -2.65. The number of nitrogen functional groups attached to an aromatic ring is 1. The van der Waals surface area contributed by atoms with Gasteiger partial charge in [0.15, 0.2) is 0 Å². The van der Waals surface area contributed by atoms with Gasteiger partial charge in [0.1, 0.15) is 0 Å². The van der Waals surface area contributed by atoms with E-state index in [1.165, 1.54) is 38.8 Å². The van der Waals surface area contributed by atoms with Crippen molar-refractivity contribution >= 4 is 33.0 Å². The van der Waals surface area contributed by atoms with Gasteiger partial charge in [-0.25, -0.2) is 0 Å². The number of hydrogen-bond donors (Lipinski definition) is 2. The van der Waals surface area contributed by atoms with Crippen LogP contribution in [0.3, 0.4) is 0 Å². The Labute approximate surface area is 139 Å². The zero-order valence-electron chi connectivity index (χ0n) is 13.0. The van der Waals surface area contributed by atoms with Crippen LogP contribution in [0.2, 0.25) is 0 Å². The second-order valence-corrected chi connectivity index (χ2v) is 8.37. The predicted octanol–water partition coefficient (Wildman–Crippen LogP) is 2.84. The maximum absolute atomic E-state index is 12.8. The summed E-state index contributed by atoms with van der Waals surface area (Å²) in [6.07, 6.45) is 4.96. The van der Waals surface area contributed by atoms with Gasteiger partial charge in [0, 0.05) is 15.9 Å². The molecule has 1 aromatic heterocycles. The molecule has 2 bridgehead atoms. The Hall–Kier alpha value is -1.59. The van der Waals surface area contributed by atoms with Gasteiger partial charge in [0.2, 0.25) is 0 Å². The van der Waals surface area contributed by atoms with Crippen molar-refractivity contribution in [3.63, 3.8) is 0 Å². The van der Waals surface area contributed by atoms with Gasteiger partial charge in [-0.1, -0.05) is 6.07 Å². The zero-order chi connectivity index (χ0) is 15.6. The molecule has 1 atom stereocenters. The molecule has 4 nitrogen and oxygen atoms in total. The number of fused-ring (bicyclic) bond motifs is 3. The number of anilines is 1. The SMILES string of the molecule is Nc1ccc2cc(C(=O)N[C@H]3C4CCN(CC4)C34CC4)sc2c1. The highest BCUT2D eigenvalue weighted by molar-refractivity contribution is 7.20. The summed E-state index contributed by atoms with van der Waals surface area (Å²) in [5.41, 5.74) is 6.88. The third kappa shape index (κ3) is 2.03. The van der Waals surface area contributed by atoms with Crippen molar-refractivity contribution < 1.29 is 4.79 Å². The lowest BCUT2D eigenvalue weighted by Gasteiger charge is -2.52. The Kier molecular flexibility index (Phi) is 2.83. The fourth-order valence-corrected chi connectivity index (χ4v) is 5.71. The van der Waals surface area contributed by atoms with Crippen LogP contribution < -0.4 is 11.1 Å². The summed E-state index contributed by atoms with van der Waals surface area (Å²) in [5.74, 6) is 0.756. The summed E-state index contributed by atoms with van der Waals surface area (Å²) in [6, 6.07) is 8.17. The van der Waals surface area contributed by atoms with Gasteiger partial charge >= 0.3 is 0 Å². The van der Waals surface area contributed by atoms with Crippen molar-refractivity contribution in [2.24, 2.45) is 5.92 Å². The average molecular weight is 327 g/mol. The minimum absolute atomic E-state index is 0.0924. The molecule has 23 heavy (non-hydrogen) atoms. The maximum atomic E-state index is 12.8. The number of nitrogens with two attached hydrogens (primary N) is 1. The van der Waals surface area contributed by atoms with Gasteiger partial charge < -0.3 is 11.1 Å². The number of benzene rings is 1. The van der Waals surface area contributed by atoms with Crippen molar-refractivity contribution in [1.82, 2.24) is 10.2 Å². The first-order valence-corrected chi connectivity index (χ1v) is 9.32. The number of rotatable bonds is 2. The summed E-state index contributed by atoms with van der Waals surface area (Å²) in [4.78, 5) is 16.2. The number of amides is 1. The quantitative estimate of drug-likeness (QED) is 0.834. The van der Waals surface area contributed by atoms with E-state index in [2.05, 4.69) is 10.2 Å². The average Bonchev–Trinajstić information content (AvgIpc) is 3.22. The van der Waals surface area contributed by atoms with Gasteiger partial charge in [0.05, 0.1) is 10.9 Å². The molecule has 0 radical (unpaired) electrons. The number of carbonyl (C=O) groups is 1. The third-order valence-electron chi connectivity index (χ3n) is 6.04. The highest BCUT2D eigenvalue weighted by Gasteiger charge is 2.60. The number of carbonyl (C=O) groups excluding carboxylic acids is 1. The van der Waals surface area contributed by atoms with E-state index in [-0.39, 0.29) is 11.4 Å². The number of hydrogen-bond acceptors (Lipinski definition) is 4. The molecule has 1 spiro atoms. The molecule has 1 aliphatic carbocycles. The van der Waals surface area contributed by atoms with Crippen LogP contribution in [0.25, 0.3) is 10.1 Å². The zero-order valence-corrected chi connectivity index (χ0v) is 13.9. The standard InChI is InChI=1S/C18H21N3OS/c19-13-2-1-12-9-15(23-14(12)10-13)17(22)20-16-11-3-7-21(8-4-11)18(16)5-6-18/h1-2,9-11,16H,3-8,19H2,(H,20,22)/t16-/m0/s1. The van der Waals surface area contributed by atoms with Crippen molar-refractivity contribution in [3.8, 4) is 0 Å². The lowest BCUT2D eigenvalue weighted by atomic mass is 9.77. The van der Waals surface area contributed by atoms with Gasteiger partial charge in [-0.2, -0.15) is 0 Å². The van der Waals surface area contributed by atoms with Crippen LogP contribution in [-0.2, 0) is 0 Å². The number of piperidine rings is 3. The van der Waals surface area contributed by atoms with E-state index in [0.717, 1.165) is 20.7 Å². The second kappa shape index (κ2) is 4.71. The molecule has 4 aliphatic rings. The molecule has 3 saturated heterocycles. The molecule has 5 heteroatoms. The Morgan fingerprint density at radius 1 is 1.26 bits per heavy atom. The minimum Gasteiger partial charge on any atom is -0.399 e. The van der Waals surface area contributed by atoms with Crippen molar-refractivity contribution in [3.05, 3.63) is 29.1 Å². The van der Waals surface area contributed by atoms with Crippen LogP contribution >= 0.6 is 11.3 Å². The molecular weight excluding hydrogens is 306 g/mol. The Bertz CT molecular complexity index is 787. The molecule has 0 unspecified atom stereocenters. The molecule has 1 aromatic carbocycles. The van der Waals surface area contributed by atoms with Crippen LogP contribution in [0.4, 0.5) is 5.69 Å². The molecule has 6 rings (SSSR count). The van der Waals surface area contributed by atoms with Gasteiger partial charge in [-0.15, -0.1) is 11.3 Å². The van der Waals surface area contributed by atoms with Crippen LogP contribution in [0.1, 0.15) is 35.4 Å². The number of nitrogens with one attached hydrogen (secondary N) is 1. The molecule has 4 fully saturated rings. The summed E-state index contributed by atoms with van der Waals surface area (Å²) < 4.78 is 1.09. The summed E-state index contributed by atoms with van der Waals surface area (Å²) in [5, 5.41) is 4.49. The molecule has 3 N–H and O–H groups in total. The van der Waals surface area contributed by atoms with Crippen LogP contribution in [0.15, 0.2) is 24.3 Å². The predicted molar refractivity (Wildman–Crippen MR) is 93.8 cm³/mol. The van der Waals surface area contributed by atoms with Crippen LogP contribution in [0.5, 0.6) is 0 Å². The molecule has 4 heterocycles. The largest absolute Gasteiger partial charge is 0.399 e. The number of thiophene rings is 1. The fraction of sp³-hybridized carbons (Fsp3) is 0.500. The normalized spacial score (nSPS) is 30.7. The summed E-state index contributed by atoms with van der Waals surface area (Å²) in [6.45, 7) is 2.44. The third-order valence-corrected chi connectivity index (χ3v) is 7.13. The van der Waals surface area contributed by atoms with Crippen molar-refractivity contribution in [2.75, 3.05) is 18.8 Å². The van der Waals surface area contributed by atoms with E-state index in [4.69, 9.17) is 5.73 Å². The molecule has 1 saturated carbocycles. The van der Waals surface area contributed by atoms with E-state index in [1.54, 1.807) is 11.3 Å². The van der Waals surface area contributed by atoms with E-state index >= 15 is 0 Å². The molecule has 1 amide bonds. The Morgan fingerprint density at radius 2 is 2.04 bits per heavy atom. The fourth-order valence-electron chi connectivity index (χ4n) is 4.69. The topological polar surface area (TPSA) is 58.4 Å². The van der Waals surface area contributed by atoms with E-state index in [1.807, 2.05) is 24.3 Å². The van der Waals surface area contributed by atoms with Gasteiger partial charge in [-0.05, 0) is 68.3 Å². The molecular formula is C18H21N3OS. The maximum Gasteiger partial charge on any atom is 0.261 e. The number of nitrogens with zero attached hydrogens (tertiary/aromatic N) is 1. The van der Waals surface area contributed by atoms with Crippen molar-refractivity contribution in [2.45, 2.75) is 37.3 Å². The van der Waals surface area contributed by atoms with E-state index in [0.29, 0.717) is 12.0 Å². The molecule has 120 valence electrons. The minimum atomic E-state index is 0.0924. The lowest BCUT2D eigenvalue weighted by molar-refractivity contribution is -0.00138. The Morgan fingerprint density at radius 3 is 2.78 bits per heavy atom. The highest BCUT2D eigenvalue weighted by Crippen LogP contribution is 2.53. The van der Waals surface area contributed by atoms with Crippen molar-refractivity contribution in [1.29, 1.82) is 0 Å². The molecule has 2 aromatic rings. The monoisotopic (exact) mass is 327 g/mol. The first kappa shape index (κ1) is 13.8. The molecule has 3 aliphatic heterocycles. The van der Waals surface area contributed by atoms with Gasteiger partial charge in [0.25, 0.3) is 5.91 Å². The summed E-state index contributed by atoms with van der Waals surface area (Å²) >= 11 is 1.54. The second-order valence-electron chi connectivity index (χ2n) is 7.29. The Balaban J connectivity index is 1.42. The van der Waals surface area contributed by atoms with Gasteiger partial charge in [-0.3, -0.25) is 9.69 Å². The first-order chi connectivity index (χ1) is 11.2.